The van der Waals surface area contributed by atoms with Gasteiger partial charge in [-0.1, -0.05) is 12.1 Å². The number of aromatic nitrogens is 3. The fourth-order valence-electron chi connectivity index (χ4n) is 4.67. The number of fused-ring (bicyclic) bond motifs is 2. The van der Waals surface area contributed by atoms with Crippen molar-refractivity contribution in [3.8, 4) is 0 Å². The molecule has 2 fully saturated rings. The van der Waals surface area contributed by atoms with Crippen molar-refractivity contribution in [2.45, 2.75) is 51.0 Å². The van der Waals surface area contributed by atoms with Crippen LogP contribution in [0, 0.1) is 5.92 Å². The predicted molar refractivity (Wildman–Crippen MR) is 99.4 cm³/mol. The van der Waals surface area contributed by atoms with Crippen LogP contribution in [0.15, 0.2) is 16.9 Å². The highest BCUT2D eigenvalue weighted by Gasteiger charge is 2.51. The van der Waals surface area contributed by atoms with Gasteiger partial charge in [-0.3, -0.25) is 9.59 Å². The predicted octanol–water partition coefficient (Wildman–Crippen LogP) is 1.89. The van der Waals surface area contributed by atoms with E-state index in [-0.39, 0.29) is 17.7 Å². The Morgan fingerprint density at radius 3 is 2.75 bits per heavy atom. The highest BCUT2D eigenvalue weighted by atomic mass is 16.5. The van der Waals surface area contributed by atoms with Gasteiger partial charge in [0, 0.05) is 43.7 Å². The smallest absolute Gasteiger partial charge is 0.292 e. The Hall–Kier alpha value is -2.64. The summed E-state index contributed by atoms with van der Waals surface area (Å²) in [5.41, 5.74) is 2.50. The molecular formula is C20H25N5O3. The average molecular weight is 383 g/mol. The molecule has 1 spiro atoms. The van der Waals surface area contributed by atoms with E-state index in [0.29, 0.717) is 31.7 Å². The summed E-state index contributed by atoms with van der Waals surface area (Å²) in [5.74, 6) is 0.609. The molecule has 8 heteroatoms. The summed E-state index contributed by atoms with van der Waals surface area (Å²) in [5, 5.41) is 3.93. The van der Waals surface area contributed by atoms with Crippen molar-refractivity contribution in [1.29, 1.82) is 0 Å². The van der Waals surface area contributed by atoms with Gasteiger partial charge < -0.3 is 19.3 Å². The second-order valence-corrected chi connectivity index (χ2v) is 8.10. The topological polar surface area (TPSA) is 95.3 Å². The van der Waals surface area contributed by atoms with Gasteiger partial charge in [0.2, 0.25) is 11.7 Å². The molecule has 0 aromatic carbocycles. The Kier molecular flexibility index (Phi) is 4.03. The summed E-state index contributed by atoms with van der Waals surface area (Å²) >= 11 is 0. The molecule has 1 saturated heterocycles. The summed E-state index contributed by atoms with van der Waals surface area (Å²) in [6.45, 7) is 3.84. The minimum atomic E-state index is -0.403. The van der Waals surface area contributed by atoms with Crippen LogP contribution in [-0.4, -0.2) is 56.4 Å². The number of rotatable bonds is 3. The normalized spacial score (nSPS) is 21.0. The van der Waals surface area contributed by atoms with E-state index in [0.717, 1.165) is 49.3 Å². The fourth-order valence-corrected chi connectivity index (χ4v) is 4.67. The summed E-state index contributed by atoms with van der Waals surface area (Å²) in [7, 11) is 0. The molecule has 0 atom stereocenters. The molecule has 1 aliphatic carbocycles. The van der Waals surface area contributed by atoms with Gasteiger partial charge in [0.1, 0.15) is 0 Å². The summed E-state index contributed by atoms with van der Waals surface area (Å²) < 4.78 is 5.23. The standard InChI is InChI=1S/C20H25N5O3/c1-2-14-11-16(28-23-14)19(27)24-9-6-20(7-10-24)17-15(21-12-22-17)5-8-25(20)18(26)13-3-4-13/h11-13H,2-10H2,1H3,(H,21,22). The van der Waals surface area contributed by atoms with Crippen molar-refractivity contribution in [2.75, 3.05) is 19.6 Å². The summed E-state index contributed by atoms with van der Waals surface area (Å²) in [4.78, 5) is 37.6. The number of piperidine rings is 1. The number of H-pyrrole nitrogens is 1. The Balaban J connectivity index is 1.39. The quantitative estimate of drug-likeness (QED) is 0.873. The fraction of sp³-hybridized carbons (Fsp3) is 0.600. The van der Waals surface area contributed by atoms with Gasteiger partial charge in [0.05, 0.1) is 23.3 Å². The van der Waals surface area contributed by atoms with Crippen LogP contribution in [0.1, 0.15) is 60.2 Å². The first-order valence-corrected chi connectivity index (χ1v) is 10.2. The molecule has 2 amide bonds. The second-order valence-electron chi connectivity index (χ2n) is 8.10. The van der Waals surface area contributed by atoms with Crippen LogP contribution in [0.4, 0.5) is 0 Å². The molecule has 1 saturated carbocycles. The first-order valence-electron chi connectivity index (χ1n) is 10.2. The van der Waals surface area contributed by atoms with Crippen LogP contribution >= 0.6 is 0 Å². The molecule has 2 aromatic heterocycles. The monoisotopic (exact) mass is 383 g/mol. The zero-order valence-electron chi connectivity index (χ0n) is 16.1. The molecule has 0 radical (unpaired) electrons. The lowest BCUT2D eigenvalue weighted by molar-refractivity contribution is -0.143. The molecule has 8 nitrogen and oxygen atoms in total. The molecule has 2 aliphatic heterocycles. The van der Waals surface area contributed by atoms with E-state index in [2.05, 4.69) is 20.0 Å². The van der Waals surface area contributed by atoms with E-state index >= 15 is 0 Å². The second kappa shape index (κ2) is 6.46. The van der Waals surface area contributed by atoms with E-state index in [1.165, 1.54) is 0 Å². The molecule has 148 valence electrons. The maximum atomic E-state index is 13.0. The molecule has 1 N–H and O–H groups in total. The van der Waals surface area contributed by atoms with Crippen molar-refractivity contribution < 1.29 is 14.1 Å². The van der Waals surface area contributed by atoms with Gasteiger partial charge in [-0.2, -0.15) is 0 Å². The molecule has 0 unspecified atom stereocenters. The van der Waals surface area contributed by atoms with Gasteiger partial charge in [0.15, 0.2) is 0 Å². The van der Waals surface area contributed by atoms with Crippen molar-refractivity contribution in [2.24, 2.45) is 5.92 Å². The lowest BCUT2D eigenvalue weighted by Crippen LogP contribution is -2.59. The number of hydrogen-bond acceptors (Lipinski definition) is 5. The van der Waals surface area contributed by atoms with Crippen LogP contribution in [0.3, 0.4) is 0 Å². The number of hydrogen-bond donors (Lipinski definition) is 1. The first kappa shape index (κ1) is 17.5. The first-order chi connectivity index (χ1) is 13.6. The van der Waals surface area contributed by atoms with Crippen LogP contribution in [0.5, 0.6) is 0 Å². The summed E-state index contributed by atoms with van der Waals surface area (Å²) in [6.07, 6.45) is 6.67. The molecule has 2 aromatic rings. The molecule has 28 heavy (non-hydrogen) atoms. The highest BCUT2D eigenvalue weighted by molar-refractivity contribution is 5.91. The van der Waals surface area contributed by atoms with Gasteiger partial charge in [0.25, 0.3) is 5.91 Å². The number of likely N-dealkylation sites (tertiary alicyclic amines) is 1. The lowest BCUT2D eigenvalue weighted by atomic mass is 9.78. The van der Waals surface area contributed by atoms with E-state index in [9.17, 15) is 9.59 Å². The number of aromatic amines is 1. The third kappa shape index (κ3) is 2.65. The van der Waals surface area contributed by atoms with E-state index in [1.54, 1.807) is 12.4 Å². The van der Waals surface area contributed by atoms with Gasteiger partial charge >= 0.3 is 0 Å². The number of imidazole rings is 1. The van der Waals surface area contributed by atoms with Gasteiger partial charge in [-0.05, 0) is 32.1 Å². The lowest BCUT2D eigenvalue weighted by Gasteiger charge is -2.50. The maximum Gasteiger partial charge on any atom is 0.292 e. The Morgan fingerprint density at radius 1 is 1.29 bits per heavy atom. The number of amides is 2. The molecule has 0 bridgehead atoms. The number of nitrogens with one attached hydrogen (secondary N) is 1. The van der Waals surface area contributed by atoms with Crippen LogP contribution in [-0.2, 0) is 23.2 Å². The Morgan fingerprint density at radius 2 is 2.07 bits per heavy atom. The van der Waals surface area contributed by atoms with Crippen LogP contribution in [0.25, 0.3) is 0 Å². The van der Waals surface area contributed by atoms with Crippen molar-refractivity contribution in [3.05, 3.63) is 35.2 Å². The number of carbonyl (C=O) groups excluding carboxylic acids is 2. The van der Waals surface area contributed by atoms with Crippen LogP contribution < -0.4 is 0 Å². The van der Waals surface area contributed by atoms with E-state index in [1.807, 2.05) is 11.8 Å². The van der Waals surface area contributed by atoms with E-state index < -0.39 is 5.54 Å². The molecule has 5 rings (SSSR count). The highest BCUT2D eigenvalue weighted by Crippen LogP contribution is 2.45. The third-order valence-corrected chi connectivity index (χ3v) is 6.46. The average Bonchev–Trinajstić information content (AvgIpc) is 3.26. The van der Waals surface area contributed by atoms with Gasteiger partial charge in [-0.15, -0.1) is 0 Å². The third-order valence-electron chi connectivity index (χ3n) is 6.46. The number of nitrogens with zero attached hydrogens (tertiary/aromatic N) is 4. The van der Waals surface area contributed by atoms with Gasteiger partial charge in [-0.25, -0.2) is 4.98 Å². The maximum absolute atomic E-state index is 13.0. The van der Waals surface area contributed by atoms with Crippen molar-refractivity contribution >= 4 is 11.8 Å². The molecular weight excluding hydrogens is 358 g/mol. The molecule has 3 aliphatic rings. The van der Waals surface area contributed by atoms with E-state index in [4.69, 9.17) is 4.52 Å². The number of carbonyl (C=O) groups is 2. The Labute approximate surface area is 163 Å². The Bertz CT molecular complexity index is 905. The minimum Gasteiger partial charge on any atom is -0.351 e. The zero-order chi connectivity index (χ0) is 19.3. The minimum absolute atomic E-state index is 0.125. The zero-order valence-corrected chi connectivity index (χ0v) is 16.1. The van der Waals surface area contributed by atoms with Crippen molar-refractivity contribution in [3.63, 3.8) is 0 Å². The molecule has 4 heterocycles. The number of aryl methyl sites for hydroxylation is 1. The SMILES string of the molecule is CCc1cc(C(=O)N2CCC3(CC2)c2nc[nH]c2CCN3C(=O)C2CC2)on1. The largest absolute Gasteiger partial charge is 0.351 e. The van der Waals surface area contributed by atoms with Crippen molar-refractivity contribution in [1.82, 2.24) is 24.9 Å². The van der Waals surface area contributed by atoms with Crippen LogP contribution in [0.2, 0.25) is 0 Å². The summed E-state index contributed by atoms with van der Waals surface area (Å²) in [6, 6.07) is 1.72.